The lowest BCUT2D eigenvalue weighted by Crippen LogP contribution is -2.33. The van der Waals surface area contributed by atoms with Crippen LogP contribution in [0.2, 0.25) is 0 Å². The summed E-state index contributed by atoms with van der Waals surface area (Å²) >= 11 is 0. The van der Waals surface area contributed by atoms with Crippen LogP contribution in [0, 0.1) is 18.2 Å². The van der Waals surface area contributed by atoms with E-state index in [1.165, 1.54) is 25.3 Å². The molecule has 4 heteroatoms. The van der Waals surface area contributed by atoms with Gasteiger partial charge in [-0.3, -0.25) is 4.79 Å². The second-order valence-corrected chi connectivity index (χ2v) is 3.45. The fourth-order valence-corrected chi connectivity index (χ4v) is 1.30. The number of rotatable bonds is 4. The van der Waals surface area contributed by atoms with Crippen LogP contribution in [-0.2, 0) is 0 Å². The van der Waals surface area contributed by atoms with Gasteiger partial charge in [-0.05, 0) is 24.6 Å². The summed E-state index contributed by atoms with van der Waals surface area (Å²) in [5, 5.41) is 2.65. The lowest BCUT2D eigenvalue weighted by Gasteiger charge is -2.11. The van der Waals surface area contributed by atoms with Crippen molar-refractivity contribution in [2.75, 3.05) is 7.11 Å². The summed E-state index contributed by atoms with van der Waals surface area (Å²) in [6, 6.07) is 3.59. The molecule has 0 saturated carbocycles. The van der Waals surface area contributed by atoms with Gasteiger partial charge in [-0.1, -0.05) is 12.8 Å². The van der Waals surface area contributed by atoms with Gasteiger partial charge in [0.2, 0.25) is 0 Å². The molecule has 0 aliphatic rings. The first-order chi connectivity index (χ1) is 8.12. The number of hydrogen-bond acceptors (Lipinski definition) is 2. The van der Waals surface area contributed by atoms with Crippen molar-refractivity contribution in [1.82, 2.24) is 5.32 Å². The molecular formula is C13H14FNO2. The van der Waals surface area contributed by atoms with Crippen molar-refractivity contribution in [3.63, 3.8) is 0 Å². The van der Waals surface area contributed by atoms with Gasteiger partial charge in [-0.2, -0.15) is 0 Å². The van der Waals surface area contributed by atoms with E-state index in [1.54, 1.807) is 0 Å². The van der Waals surface area contributed by atoms with Crippen molar-refractivity contribution >= 4 is 5.91 Å². The Labute approximate surface area is 100.0 Å². The zero-order chi connectivity index (χ0) is 12.8. The van der Waals surface area contributed by atoms with E-state index in [0.29, 0.717) is 12.0 Å². The van der Waals surface area contributed by atoms with E-state index in [9.17, 15) is 9.18 Å². The summed E-state index contributed by atoms with van der Waals surface area (Å²) < 4.78 is 17.9. The van der Waals surface area contributed by atoms with Gasteiger partial charge >= 0.3 is 0 Å². The van der Waals surface area contributed by atoms with E-state index >= 15 is 0 Å². The summed E-state index contributed by atoms with van der Waals surface area (Å²) in [6.07, 6.45) is 5.88. The van der Waals surface area contributed by atoms with E-state index in [1.807, 2.05) is 6.92 Å². The fraction of sp³-hybridized carbons (Fsp3) is 0.308. The Morgan fingerprint density at radius 1 is 1.65 bits per heavy atom. The van der Waals surface area contributed by atoms with Crippen LogP contribution in [0.4, 0.5) is 4.39 Å². The average Bonchev–Trinajstić information content (AvgIpc) is 2.36. The van der Waals surface area contributed by atoms with Gasteiger partial charge in [0.05, 0.1) is 13.2 Å². The molecule has 17 heavy (non-hydrogen) atoms. The molecular weight excluding hydrogens is 221 g/mol. The van der Waals surface area contributed by atoms with Crippen LogP contribution in [0.3, 0.4) is 0 Å². The minimum Gasteiger partial charge on any atom is -0.494 e. The quantitative estimate of drug-likeness (QED) is 0.810. The highest BCUT2D eigenvalue weighted by Crippen LogP contribution is 2.18. The molecule has 3 nitrogen and oxygen atoms in total. The van der Waals surface area contributed by atoms with Crippen molar-refractivity contribution < 1.29 is 13.9 Å². The Bertz CT molecular complexity index is 451. The van der Waals surface area contributed by atoms with Gasteiger partial charge in [0.15, 0.2) is 11.6 Å². The second-order valence-electron chi connectivity index (χ2n) is 3.45. The Morgan fingerprint density at radius 2 is 2.35 bits per heavy atom. The van der Waals surface area contributed by atoms with E-state index in [-0.39, 0.29) is 17.7 Å². The Balaban J connectivity index is 2.86. The summed E-state index contributed by atoms with van der Waals surface area (Å²) in [6.45, 7) is 1.87. The third-order valence-corrected chi connectivity index (χ3v) is 2.33. The minimum absolute atomic E-state index is 0.0337. The molecule has 0 aromatic heterocycles. The largest absolute Gasteiger partial charge is 0.494 e. The maximum Gasteiger partial charge on any atom is 0.252 e. The lowest BCUT2D eigenvalue weighted by atomic mass is 10.1. The zero-order valence-electron chi connectivity index (χ0n) is 9.79. The summed E-state index contributed by atoms with van der Waals surface area (Å²) in [7, 11) is 1.34. The molecule has 1 rings (SSSR count). The maximum atomic E-state index is 13.1. The summed E-state index contributed by atoms with van der Waals surface area (Å²) in [5.41, 5.74) is 0.317. The molecule has 0 radical (unpaired) electrons. The molecule has 1 atom stereocenters. The van der Waals surface area contributed by atoms with Crippen LogP contribution in [0.15, 0.2) is 18.2 Å². The third kappa shape index (κ3) is 3.22. The van der Waals surface area contributed by atoms with Crippen molar-refractivity contribution in [2.45, 2.75) is 19.4 Å². The van der Waals surface area contributed by atoms with Crippen LogP contribution in [-0.4, -0.2) is 19.1 Å². The first-order valence-electron chi connectivity index (χ1n) is 5.22. The summed E-state index contributed by atoms with van der Waals surface area (Å²) in [5.74, 6) is 1.64. The first-order valence-corrected chi connectivity index (χ1v) is 5.22. The standard InChI is InChI=1S/C13H14FNO2/c1-4-10(5-2)15-13(16)9-6-7-11(14)12(8-9)17-3/h1,6-8,10H,5H2,2-3H3,(H,15,16). The monoisotopic (exact) mass is 235 g/mol. The smallest absolute Gasteiger partial charge is 0.252 e. The van der Waals surface area contributed by atoms with E-state index < -0.39 is 5.82 Å². The predicted octanol–water partition coefficient (Wildman–Crippen LogP) is 1.98. The Kier molecular flexibility index (Phi) is 4.53. The highest BCUT2D eigenvalue weighted by atomic mass is 19.1. The van der Waals surface area contributed by atoms with Crippen molar-refractivity contribution in [2.24, 2.45) is 0 Å². The fourth-order valence-electron chi connectivity index (χ4n) is 1.30. The van der Waals surface area contributed by atoms with Gasteiger partial charge in [0, 0.05) is 5.56 Å². The molecule has 0 spiro atoms. The molecule has 1 N–H and O–H groups in total. The molecule has 0 fully saturated rings. The SMILES string of the molecule is C#CC(CC)NC(=O)c1ccc(F)c(OC)c1. The minimum atomic E-state index is -0.506. The first kappa shape index (κ1) is 13.0. The van der Waals surface area contributed by atoms with Crippen molar-refractivity contribution in [1.29, 1.82) is 0 Å². The molecule has 0 aliphatic heterocycles. The number of carbonyl (C=O) groups excluding carboxylic acids is 1. The van der Waals surface area contributed by atoms with E-state index in [2.05, 4.69) is 11.2 Å². The number of hydrogen-bond donors (Lipinski definition) is 1. The van der Waals surface area contributed by atoms with Crippen molar-refractivity contribution in [3.8, 4) is 18.1 Å². The van der Waals surface area contributed by atoms with Gasteiger partial charge in [0.25, 0.3) is 5.91 Å². The number of halogens is 1. The molecule has 1 amide bonds. The predicted molar refractivity (Wildman–Crippen MR) is 63.3 cm³/mol. The van der Waals surface area contributed by atoms with Crippen LogP contribution < -0.4 is 10.1 Å². The molecule has 0 saturated heterocycles. The third-order valence-electron chi connectivity index (χ3n) is 2.33. The number of carbonyl (C=O) groups is 1. The molecule has 1 aromatic carbocycles. The number of amides is 1. The molecule has 0 aliphatic carbocycles. The lowest BCUT2D eigenvalue weighted by molar-refractivity contribution is 0.0944. The van der Waals surface area contributed by atoms with Gasteiger partial charge < -0.3 is 10.1 Å². The molecule has 1 unspecified atom stereocenters. The van der Waals surface area contributed by atoms with Crippen LogP contribution in [0.1, 0.15) is 23.7 Å². The van der Waals surface area contributed by atoms with Crippen LogP contribution in [0.5, 0.6) is 5.75 Å². The highest BCUT2D eigenvalue weighted by Gasteiger charge is 2.12. The number of nitrogens with one attached hydrogen (secondary N) is 1. The number of terminal acetylenes is 1. The second kappa shape index (κ2) is 5.90. The van der Waals surface area contributed by atoms with E-state index in [0.717, 1.165) is 0 Å². The average molecular weight is 235 g/mol. The van der Waals surface area contributed by atoms with Gasteiger partial charge in [-0.15, -0.1) is 6.42 Å². The number of methoxy groups -OCH3 is 1. The number of benzene rings is 1. The molecule has 90 valence electrons. The summed E-state index contributed by atoms with van der Waals surface area (Å²) in [4.78, 5) is 11.8. The van der Waals surface area contributed by atoms with Gasteiger partial charge in [0.1, 0.15) is 0 Å². The molecule has 0 bridgehead atoms. The molecule has 0 heterocycles. The normalized spacial score (nSPS) is 11.4. The Morgan fingerprint density at radius 3 is 2.88 bits per heavy atom. The van der Waals surface area contributed by atoms with E-state index in [4.69, 9.17) is 11.2 Å². The molecule has 1 aromatic rings. The zero-order valence-corrected chi connectivity index (χ0v) is 9.79. The van der Waals surface area contributed by atoms with Crippen LogP contribution in [0.25, 0.3) is 0 Å². The topological polar surface area (TPSA) is 38.3 Å². The maximum absolute atomic E-state index is 13.1. The van der Waals surface area contributed by atoms with Crippen molar-refractivity contribution in [3.05, 3.63) is 29.6 Å². The highest BCUT2D eigenvalue weighted by molar-refractivity contribution is 5.95. The van der Waals surface area contributed by atoms with Crippen LogP contribution >= 0.6 is 0 Å². The Hall–Kier alpha value is -2.02. The number of ether oxygens (including phenoxy) is 1. The van der Waals surface area contributed by atoms with Gasteiger partial charge in [-0.25, -0.2) is 4.39 Å².